The third-order valence-electron chi connectivity index (χ3n) is 17.9. The molecule has 1 rings (SSSR count). The monoisotopic (exact) mass is 1320 g/mol. The van der Waals surface area contributed by atoms with Crippen LogP contribution in [0.15, 0.2) is 0 Å². The number of aliphatic hydroxyl groups excluding tert-OH is 6. The van der Waals surface area contributed by atoms with Gasteiger partial charge in [0.05, 0.1) is 6.61 Å². The lowest BCUT2D eigenvalue weighted by Crippen LogP contribution is -2.64. The normalized spacial score (nSPS) is 20.3. The fourth-order valence-electron chi connectivity index (χ4n) is 12.0. The maximum absolute atomic E-state index is 14.3. The predicted molar refractivity (Wildman–Crippen MR) is 369 cm³/mol. The standard InChI is InChI=1S/C76H144O16/c1-5-9-13-17-21-25-29-33-37-41-45-49-53-57-65(79)87-62-64-72(89-66(80)58-54-50-46-42-38-34-30-26-22-18-14-10-6-2)73(90-67(81)59-55-51-47-43-39-35-31-27-23-19-15-11-7-3)74(76(88-64)92-75(86)71(85)70(84)69(83)63(78)61-77)91-68(82)60-56-52-48-44-40-36-32-28-24-20-16-12-8-4/h63-64,69-78,83-86H,5-62H2,1-4H3/t63-,64-,69-,70+,71+,72-,73+,74+,75?,76?/m1/s1/i53D,54D,55D,56D/t53?,54?,55?,56?,63-,64-,69-,70+,71+,72-,73+,74+,75?,76?. The number of aliphatic hydroxyl groups is 6. The van der Waals surface area contributed by atoms with E-state index in [1.165, 1.54) is 154 Å². The van der Waals surface area contributed by atoms with E-state index in [2.05, 4.69) is 27.7 Å². The Kier molecular flexibility index (Phi) is 55.2. The quantitative estimate of drug-likeness (QED) is 0.0143. The molecule has 1 aliphatic heterocycles. The minimum atomic E-state index is -2.54. The molecule has 16 heteroatoms. The fourth-order valence-corrected chi connectivity index (χ4v) is 12.0. The molecule has 0 spiro atoms. The number of ether oxygens (including phenoxy) is 6. The van der Waals surface area contributed by atoms with Gasteiger partial charge in [0, 0.05) is 31.2 Å². The Hall–Kier alpha value is -2.44. The smallest absolute Gasteiger partial charge is 0.306 e. The zero-order chi connectivity index (χ0) is 70.8. The lowest BCUT2D eigenvalue weighted by molar-refractivity contribution is -0.349. The molecular formula is C76H144O16. The minimum absolute atomic E-state index is 0.310. The minimum Gasteiger partial charge on any atom is -0.463 e. The summed E-state index contributed by atoms with van der Waals surface area (Å²) < 4.78 is 71.8. The molecule has 0 aromatic rings. The van der Waals surface area contributed by atoms with Gasteiger partial charge in [0.1, 0.15) is 37.1 Å². The lowest BCUT2D eigenvalue weighted by Gasteiger charge is -2.45. The van der Waals surface area contributed by atoms with Gasteiger partial charge in [-0.2, -0.15) is 0 Å². The number of rotatable bonds is 68. The Morgan fingerprint density at radius 1 is 0.348 bits per heavy atom. The summed E-state index contributed by atoms with van der Waals surface area (Å²) in [5.74, 6) is -3.70. The van der Waals surface area contributed by atoms with E-state index in [0.29, 0.717) is 44.9 Å². The fraction of sp³-hybridized carbons (Fsp3) is 0.947. The van der Waals surface area contributed by atoms with E-state index in [4.69, 9.17) is 33.9 Å². The summed E-state index contributed by atoms with van der Waals surface area (Å²) in [5, 5.41) is 63.7. The van der Waals surface area contributed by atoms with Crippen LogP contribution in [0.3, 0.4) is 0 Å². The number of hydrogen-bond donors (Lipinski definition) is 6. The Morgan fingerprint density at radius 2 is 0.609 bits per heavy atom. The number of carbonyl (C=O) groups excluding carboxylic acids is 4. The van der Waals surface area contributed by atoms with Gasteiger partial charge in [0.25, 0.3) is 0 Å². The Morgan fingerprint density at radius 3 is 0.902 bits per heavy atom. The maximum atomic E-state index is 14.3. The largest absolute Gasteiger partial charge is 0.463 e. The van der Waals surface area contributed by atoms with Crippen LogP contribution in [-0.4, -0.2) is 129 Å². The van der Waals surface area contributed by atoms with Crippen molar-refractivity contribution in [3.05, 3.63) is 0 Å². The zero-order valence-corrected chi connectivity index (χ0v) is 59.0. The van der Waals surface area contributed by atoms with E-state index in [0.717, 1.165) is 109 Å². The highest BCUT2D eigenvalue weighted by atomic mass is 16.8. The second kappa shape index (κ2) is 63.3. The first kappa shape index (κ1) is 80.2. The molecule has 92 heavy (non-hydrogen) atoms. The molecule has 1 fully saturated rings. The van der Waals surface area contributed by atoms with Crippen LogP contribution in [0.1, 0.15) is 393 Å². The van der Waals surface area contributed by atoms with Crippen molar-refractivity contribution in [1.29, 1.82) is 0 Å². The summed E-state index contributed by atoms with van der Waals surface area (Å²) in [7, 11) is 0. The van der Waals surface area contributed by atoms with Gasteiger partial charge in [0.15, 0.2) is 24.6 Å². The van der Waals surface area contributed by atoms with Crippen molar-refractivity contribution in [2.24, 2.45) is 0 Å². The van der Waals surface area contributed by atoms with Crippen molar-refractivity contribution in [1.82, 2.24) is 0 Å². The van der Waals surface area contributed by atoms with Crippen molar-refractivity contribution >= 4 is 23.9 Å². The first-order valence-corrected chi connectivity index (χ1v) is 38.2. The van der Waals surface area contributed by atoms with E-state index in [1.807, 2.05) is 0 Å². The topological polar surface area (TPSA) is 245 Å². The third-order valence-corrected chi connectivity index (χ3v) is 17.9. The van der Waals surface area contributed by atoms with Crippen molar-refractivity contribution < 1.29 is 83.7 Å². The molecule has 0 amide bonds. The van der Waals surface area contributed by atoms with Crippen molar-refractivity contribution in [3.8, 4) is 0 Å². The van der Waals surface area contributed by atoms with Crippen LogP contribution in [0, 0.1) is 0 Å². The van der Waals surface area contributed by atoms with Gasteiger partial charge < -0.3 is 59.1 Å². The highest BCUT2D eigenvalue weighted by molar-refractivity contribution is 5.72. The van der Waals surface area contributed by atoms with Crippen LogP contribution >= 0.6 is 0 Å². The molecular weight excluding hydrogens is 1170 g/mol. The molecule has 6 N–H and O–H groups in total. The summed E-state index contributed by atoms with van der Waals surface area (Å²) in [6.07, 6.45) is 24.0. The molecule has 1 heterocycles. The van der Waals surface area contributed by atoms with E-state index in [-0.39, 0.29) is 6.42 Å². The van der Waals surface area contributed by atoms with Crippen molar-refractivity contribution in [3.63, 3.8) is 0 Å². The van der Waals surface area contributed by atoms with Crippen molar-refractivity contribution in [2.75, 3.05) is 13.2 Å². The molecule has 14 atom stereocenters. The number of carbonyl (C=O) groups is 4. The number of esters is 4. The van der Waals surface area contributed by atoms with Crippen LogP contribution in [0.2, 0.25) is 0 Å². The van der Waals surface area contributed by atoms with E-state index in [9.17, 15) is 49.8 Å². The van der Waals surface area contributed by atoms with Crippen LogP contribution in [0.4, 0.5) is 0 Å². The van der Waals surface area contributed by atoms with Crippen LogP contribution < -0.4 is 0 Å². The Bertz CT molecular complexity index is 1830. The average Bonchev–Trinajstić information content (AvgIpc) is 0.782. The molecule has 0 aromatic carbocycles. The zero-order valence-electron chi connectivity index (χ0n) is 63.0. The summed E-state index contributed by atoms with van der Waals surface area (Å²) in [6.45, 7) is 7.05. The maximum Gasteiger partial charge on any atom is 0.306 e. The van der Waals surface area contributed by atoms with Crippen LogP contribution in [0.25, 0.3) is 0 Å². The second-order valence-corrected chi connectivity index (χ2v) is 26.6. The average molecular weight is 1320 g/mol. The second-order valence-electron chi connectivity index (χ2n) is 26.6. The Labute approximate surface area is 567 Å². The van der Waals surface area contributed by atoms with E-state index in [1.54, 1.807) is 0 Å². The van der Waals surface area contributed by atoms with Gasteiger partial charge >= 0.3 is 23.9 Å². The van der Waals surface area contributed by atoms with Crippen LogP contribution in [-0.2, 0) is 47.6 Å². The third kappa shape index (κ3) is 48.3. The molecule has 6 unspecified atom stereocenters. The van der Waals surface area contributed by atoms with Crippen molar-refractivity contribution in [2.45, 2.75) is 449 Å². The highest BCUT2D eigenvalue weighted by Crippen LogP contribution is 2.33. The van der Waals surface area contributed by atoms with Gasteiger partial charge in [-0.3, -0.25) is 19.2 Å². The molecule has 0 aromatic heterocycles. The van der Waals surface area contributed by atoms with Gasteiger partial charge in [0.2, 0.25) is 6.29 Å². The molecule has 0 bridgehead atoms. The summed E-state index contributed by atoms with van der Waals surface area (Å²) in [6, 6.07) is 0. The lowest BCUT2D eigenvalue weighted by atomic mass is 9.97. The molecule has 1 saturated heterocycles. The molecule has 0 aliphatic carbocycles. The number of unbranched alkanes of at least 4 members (excludes halogenated alkanes) is 40. The van der Waals surface area contributed by atoms with E-state index >= 15 is 0 Å². The highest BCUT2D eigenvalue weighted by Gasteiger charge is 2.54. The summed E-state index contributed by atoms with van der Waals surface area (Å²) in [4.78, 5) is 56.5. The molecule has 1 aliphatic rings. The molecule has 544 valence electrons. The summed E-state index contributed by atoms with van der Waals surface area (Å²) >= 11 is 0. The van der Waals surface area contributed by atoms with Gasteiger partial charge in [-0.15, -0.1) is 0 Å². The SMILES string of the molecule is [2H]C(CCCCCCCCCCCCC)CC(=O)OC[C@H]1OC(OC(O)[C@@H](O)[C@@H](O)[C@H](O)[C@H](O)CO)[C@@H](OC(=O)CC([2H])CCCCCCCCCCCCC)[C@@H](OC(=O)CC([2H])CCCCCCCCCCCCC)[C@@H]1OC(=O)CC([2H])CCCCCCCCCCCCC. The Balaban J connectivity index is 3.65. The predicted octanol–water partition coefficient (Wildman–Crippen LogP) is 17.7. The van der Waals surface area contributed by atoms with Gasteiger partial charge in [-0.1, -0.05) is 336 Å². The van der Waals surface area contributed by atoms with Gasteiger partial charge in [-0.05, 0) is 25.6 Å². The van der Waals surface area contributed by atoms with Gasteiger partial charge in [-0.25, -0.2) is 0 Å². The molecule has 16 nitrogen and oxygen atoms in total. The molecule has 0 radical (unpaired) electrons. The first-order valence-electron chi connectivity index (χ1n) is 40.5. The first-order chi connectivity index (χ1) is 46.4. The summed E-state index contributed by atoms with van der Waals surface area (Å²) in [5.41, 5.74) is 0. The van der Waals surface area contributed by atoms with E-state index < -0.39 is 143 Å². The van der Waals surface area contributed by atoms with Crippen LogP contribution in [0.5, 0.6) is 0 Å². The number of hydrogen-bond acceptors (Lipinski definition) is 16. The molecule has 0 saturated carbocycles.